The van der Waals surface area contributed by atoms with Gasteiger partial charge in [0.15, 0.2) is 5.96 Å². The van der Waals surface area contributed by atoms with Gasteiger partial charge < -0.3 is 15.4 Å². The number of aliphatic imine (C=N–C) groups is 1. The van der Waals surface area contributed by atoms with E-state index in [1.165, 1.54) is 25.8 Å². The summed E-state index contributed by atoms with van der Waals surface area (Å²) in [5.74, 6) is 2.31. The van der Waals surface area contributed by atoms with Crippen molar-refractivity contribution in [3.63, 3.8) is 0 Å². The van der Waals surface area contributed by atoms with Crippen LogP contribution in [0.25, 0.3) is 0 Å². The Hall–Kier alpha value is -0.810. The molecule has 0 aromatic heterocycles. The monoisotopic (exact) mass is 320 g/mol. The van der Waals surface area contributed by atoms with Crippen molar-refractivity contribution >= 4 is 5.96 Å². The molecule has 130 valence electrons. The molecule has 5 unspecified atom stereocenters. The van der Waals surface area contributed by atoms with Gasteiger partial charge in [-0.1, -0.05) is 20.8 Å². The lowest BCUT2D eigenvalue weighted by Gasteiger charge is -2.55. The van der Waals surface area contributed by atoms with E-state index < -0.39 is 0 Å². The Kier molecular flexibility index (Phi) is 3.84. The highest BCUT2D eigenvalue weighted by molar-refractivity contribution is 5.80. The van der Waals surface area contributed by atoms with Crippen LogP contribution in [-0.2, 0) is 4.74 Å². The van der Waals surface area contributed by atoms with E-state index in [0.717, 1.165) is 25.2 Å². The molecule has 0 radical (unpaired) electrons. The van der Waals surface area contributed by atoms with Crippen molar-refractivity contribution in [3.8, 4) is 0 Å². The van der Waals surface area contributed by atoms with Crippen LogP contribution in [0.5, 0.6) is 0 Å². The SMILES string of the molecule is CN=C(NC1CN(C2CC2)CC1C)NC1C2CCOC2C1(C)C. The standard InChI is InChI=1S/C18H32N4O/c1-11-9-22(12-5-6-12)10-14(11)20-17(19-4)21-15-13-7-8-23-16(13)18(15,2)3/h11-16H,5-10H2,1-4H3,(H2,19,20,21). The lowest BCUT2D eigenvalue weighted by atomic mass is 9.57. The number of fused-ring (bicyclic) bond motifs is 1. The van der Waals surface area contributed by atoms with Crippen molar-refractivity contribution in [2.24, 2.45) is 22.2 Å². The average molecular weight is 320 g/mol. The van der Waals surface area contributed by atoms with Gasteiger partial charge >= 0.3 is 0 Å². The Labute approximate surface area is 140 Å². The number of ether oxygens (including phenoxy) is 1. The van der Waals surface area contributed by atoms with Crippen LogP contribution in [0.2, 0.25) is 0 Å². The minimum atomic E-state index is 0.195. The fraction of sp³-hybridized carbons (Fsp3) is 0.944. The first-order valence-corrected chi connectivity index (χ1v) is 9.36. The molecule has 0 aromatic rings. The zero-order chi connectivity index (χ0) is 16.2. The zero-order valence-electron chi connectivity index (χ0n) is 15.0. The Morgan fingerprint density at radius 3 is 2.65 bits per heavy atom. The van der Waals surface area contributed by atoms with E-state index in [9.17, 15) is 0 Å². The number of guanidine groups is 1. The van der Waals surface area contributed by atoms with Crippen LogP contribution in [-0.4, -0.2) is 61.8 Å². The van der Waals surface area contributed by atoms with Crippen molar-refractivity contribution in [1.82, 2.24) is 15.5 Å². The molecule has 2 heterocycles. The van der Waals surface area contributed by atoms with Crippen LogP contribution in [0.1, 0.15) is 40.0 Å². The van der Waals surface area contributed by atoms with Gasteiger partial charge in [-0.15, -0.1) is 0 Å². The van der Waals surface area contributed by atoms with Gasteiger partial charge in [0.2, 0.25) is 0 Å². The average Bonchev–Trinajstić information content (AvgIpc) is 3.16. The van der Waals surface area contributed by atoms with Crippen molar-refractivity contribution in [2.45, 2.75) is 64.3 Å². The highest BCUT2D eigenvalue weighted by Gasteiger charge is 2.59. The normalized spacial score (nSPS) is 43.1. The van der Waals surface area contributed by atoms with E-state index >= 15 is 0 Å². The first kappa shape index (κ1) is 15.7. The van der Waals surface area contributed by atoms with Crippen molar-refractivity contribution in [3.05, 3.63) is 0 Å². The molecule has 23 heavy (non-hydrogen) atoms. The minimum absolute atomic E-state index is 0.195. The number of nitrogens with zero attached hydrogens (tertiary/aromatic N) is 2. The maximum absolute atomic E-state index is 5.90. The first-order valence-electron chi connectivity index (χ1n) is 9.36. The molecular formula is C18H32N4O. The summed E-state index contributed by atoms with van der Waals surface area (Å²) in [5, 5.41) is 7.41. The maximum atomic E-state index is 5.90. The van der Waals surface area contributed by atoms with E-state index in [1.807, 2.05) is 7.05 Å². The quantitative estimate of drug-likeness (QED) is 0.610. The second kappa shape index (κ2) is 5.62. The number of nitrogens with one attached hydrogen (secondary N) is 2. The van der Waals surface area contributed by atoms with Crippen molar-refractivity contribution in [1.29, 1.82) is 0 Å². The third-order valence-corrected chi connectivity index (χ3v) is 6.64. The summed E-state index contributed by atoms with van der Waals surface area (Å²) >= 11 is 0. The van der Waals surface area contributed by atoms with Crippen LogP contribution in [0.3, 0.4) is 0 Å². The van der Waals surface area contributed by atoms with E-state index in [2.05, 4.69) is 41.3 Å². The fourth-order valence-corrected chi connectivity index (χ4v) is 5.04. The molecule has 5 heteroatoms. The van der Waals surface area contributed by atoms with Gasteiger partial charge in [-0.05, 0) is 25.2 Å². The highest BCUT2D eigenvalue weighted by atomic mass is 16.5. The lowest BCUT2D eigenvalue weighted by Crippen LogP contribution is -2.68. The fourth-order valence-electron chi connectivity index (χ4n) is 5.04. The lowest BCUT2D eigenvalue weighted by molar-refractivity contribution is -0.106. The van der Waals surface area contributed by atoms with Gasteiger partial charge in [0.1, 0.15) is 0 Å². The molecule has 0 aromatic carbocycles. The molecule has 5 nitrogen and oxygen atoms in total. The molecule has 4 rings (SSSR count). The number of hydrogen-bond donors (Lipinski definition) is 2. The summed E-state index contributed by atoms with van der Waals surface area (Å²) in [4.78, 5) is 7.16. The molecule has 5 atom stereocenters. The smallest absolute Gasteiger partial charge is 0.191 e. The van der Waals surface area contributed by atoms with Crippen LogP contribution in [0.15, 0.2) is 4.99 Å². The Bertz CT molecular complexity index is 487. The highest BCUT2D eigenvalue weighted by Crippen LogP contribution is 2.52. The Morgan fingerprint density at radius 2 is 1.96 bits per heavy atom. The molecule has 4 aliphatic rings. The molecule has 4 fully saturated rings. The molecule has 2 aliphatic heterocycles. The van der Waals surface area contributed by atoms with E-state index in [-0.39, 0.29) is 5.41 Å². The van der Waals surface area contributed by atoms with Crippen LogP contribution in [0, 0.1) is 17.3 Å². The molecule has 2 saturated heterocycles. The molecular weight excluding hydrogens is 288 g/mol. The van der Waals surface area contributed by atoms with E-state index in [1.54, 1.807) is 0 Å². The van der Waals surface area contributed by atoms with Gasteiger partial charge in [0.25, 0.3) is 0 Å². The predicted octanol–water partition coefficient (Wildman–Crippen LogP) is 1.45. The van der Waals surface area contributed by atoms with Crippen molar-refractivity contribution in [2.75, 3.05) is 26.7 Å². The Balaban J connectivity index is 1.36. The molecule has 2 saturated carbocycles. The molecule has 2 aliphatic carbocycles. The minimum Gasteiger partial charge on any atom is -0.377 e. The third kappa shape index (κ3) is 2.66. The summed E-state index contributed by atoms with van der Waals surface area (Å²) in [6.45, 7) is 10.3. The topological polar surface area (TPSA) is 48.9 Å². The largest absolute Gasteiger partial charge is 0.377 e. The van der Waals surface area contributed by atoms with Crippen LogP contribution >= 0.6 is 0 Å². The predicted molar refractivity (Wildman–Crippen MR) is 92.6 cm³/mol. The van der Waals surface area contributed by atoms with Crippen LogP contribution < -0.4 is 10.6 Å². The molecule has 0 spiro atoms. The summed E-state index contributed by atoms with van der Waals surface area (Å²) in [7, 11) is 1.89. The van der Waals surface area contributed by atoms with Gasteiger partial charge in [0, 0.05) is 56.2 Å². The third-order valence-electron chi connectivity index (χ3n) is 6.64. The van der Waals surface area contributed by atoms with Gasteiger partial charge in [-0.2, -0.15) is 0 Å². The summed E-state index contributed by atoms with van der Waals surface area (Å²) < 4.78 is 5.90. The first-order chi connectivity index (χ1) is 11.0. The molecule has 0 bridgehead atoms. The second-order valence-electron chi connectivity index (χ2n) is 8.67. The summed E-state index contributed by atoms with van der Waals surface area (Å²) in [6.07, 6.45) is 4.39. The van der Waals surface area contributed by atoms with Crippen molar-refractivity contribution < 1.29 is 4.74 Å². The zero-order valence-corrected chi connectivity index (χ0v) is 15.0. The Morgan fingerprint density at radius 1 is 1.17 bits per heavy atom. The molecule has 0 amide bonds. The van der Waals surface area contributed by atoms with Crippen LogP contribution in [0.4, 0.5) is 0 Å². The van der Waals surface area contributed by atoms with E-state index in [0.29, 0.717) is 30.0 Å². The number of rotatable bonds is 3. The number of likely N-dealkylation sites (tertiary alicyclic amines) is 1. The number of hydrogen-bond acceptors (Lipinski definition) is 3. The van der Waals surface area contributed by atoms with Gasteiger partial charge in [0.05, 0.1) is 6.10 Å². The van der Waals surface area contributed by atoms with E-state index in [4.69, 9.17) is 4.74 Å². The molecule has 2 N–H and O–H groups in total. The second-order valence-corrected chi connectivity index (χ2v) is 8.67. The van der Waals surface area contributed by atoms with Gasteiger partial charge in [-0.25, -0.2) is 0 Å². The van der Waals surface area contributed by atoms with Gasteiger partial charge in [-0.3, -0.25) is 9.89 Å². The maximum Gasteiger partial charge on any atom is 0.191 e. The summed E-state index contributed by atoms with van der Waals surface area (Å²) in [5.41, 5.74) is 0.195. The summed E-state index contributed by atoms with van der Waals surface area (Å²) in [6, 6.07) is 1.85.